The first kappa shape index (κ1) is 11.9. The molecule has 0 saturated carbocycles. The monoisotopic (exact) mass is 232 g/mol. The molecule has 0 saturated heterocycles. The highest BCUT2D eigenvalue weighted by molar-refractivity contribution is 5.88. The van der Waals surface area contributed by atoms with Gasteiger partial charge in [0.15, 0.2) is 5.82 Å². The Morgan fingerprint density at radius 2 is 1.82 bits per heavy atom. The molecule has 4 nitrogen and oxygen atoms in total. The molecule has 0 bridgehead atoms. The third-order valence-corrected chi connectivity index (χ3v) is 3.13. The first-order chi connectivity index (χ1) is 7.91. The zero-order chi connectivity index (χ0) is 12.7. The Bertz CT molecular complexity index is 567. The lowest BCUT2D eigenvalue weighted by atomic mass is 10.1. The van der Waals surface area contributed by atoms with E-state index in [0.29, 0.717) is 11.7 Å². The number of anilines is 1. The van der Waals surface area contributed by atoms with Gasteiger partial charge in [-0.05, 0) is 32.3 Å². The Labute approximate surface area is 102 Å². The molecule has 4 heteroatoms. The van der Waals surface area contributed by atoms with Crippen LogP contribution in [0.4, 0.5) is 5.82 Å². The summed E-state index contributed by atoms with van der Waals surface area (Å²) in [4.78, 5) is 8.88. The lowest BCUT2D eigenvalue weighted by molar-refractivity contribution is 0.523. The number of rotatable bonds is 2. The number of hydrogen-bond donors (Lipinski definition) is 1. The zero-order valence-corrected chi connectivity index (χ0v) is 11.2. The number of nitrogens with zero attached hydrogens (tertiary/aromatic N) is 3. The summed E-state index contributed by atoms with van der Waals surface area (Å²) in [5, 5.41) is 0. The van der Waals surface area contributed by atoms with E-state index in [0.717, 1.165) is 29.1 Å². The maximum Gasteiger partial charge on any atom is 0.151 e. The molecular formula is C13H20N4. The van der Waals surface area contributed by atoms with Gasteiger partial charge >= 0.3 is 0 Å². The predicted molar refractivity (Wildman–Crippen MR) is 71.0 cm³/mol. The molecule has 0 aliphatic carbocycles. The van der Waals surface area contributed by atoms with Crippen LogP contribution < -0.4 is 5.73 Å². The SMILES string of the molecule is Cc1nc(N)c2nc(C)n(CC(C)C)c2c1C. The van der Waals surface area contributed by atoms with E-state index in [1.165, 1.54) is 5.56 Å². The summed E-state index contributed by atoms with van der Waals surface area (Å²) in [7, 11) is 0. The van der Waals surface area contributed by atoms with Gasteiger partial charge in [-0.2, -0.15) is 0 Å². The van der Waals surface area contributed by atoms with E-state index >= 15 is 0 Å². The predicted octanol–water partition coefficient (Wildman–Crippen LogP) is 2.59. The van der Waals surface area contributed by atoms with Crippen molar-refractivity contribution in [2.45, 2.75) is 41.2 Å². The fraction of sp³-hybridized carbons (Fsp3) is 0.538. The van der Waals surface area contributed by atoms with Crippen LogP contribution in [0.2, 0.25) is 0 Å². The number of hydrogen-bond acceptors (Lipinski definition) is 3. The lowest BCUT2D eigenvalue weighted by Gasteiger charge is -2.12. The smallest absolute Gasteiger partial charge is 0.151 e. The first-order valence-electron chi connectivity index (χ1n) is 6.01. The molecule has 0 aliphatic rings. The van der Waals surface area contributed by atoms with E-state index < -0.39 is 0 Å². The molecule has 0 spiro atoms. The average molecular weight is 232 g/mol. The minimum Gasteiger partial charge on any atom is -0.382 e. The number of imidazole rings is 1. The van der Waals surface area contributed by atoms with Gasteiger partial charge in [0.1, 0.15) is 11.3 Å². The van der Waals surface area contributed by atoms with Gasteiger partial charge in [-0.15, -0.1) is 0 Å². The number of aromatic nitrogens is 3. The van der Waals surface area contributed by atoms with Crippen molar-refractivity contribution in [3.8, 4) is 0 Å². The summed E-state index contributed by atoms with van der Waals surface area (Å²) in [6, 6.07) is 0. The van der Waals surface area contributed by atoms with Crippen LogP contribution in [0.1, 0.15) is 30.9 Å². The Morgan fingerprint density at radius 3 is 2.41 bits per heavy atom. The standard InChI is InChI=1S/C13H20N4/c1-7(2)6-17-10(5)16-11-12(17)8(3)9(4)15-13(11)14/h7H,6H2,1-5H3,(H2,14,15). The van der Waals surface area contributed by atoms with Crippen LogP contribution in [0.3, 0.4) is 0 Å². The maximum atomic E-state index is 5.95. The number of fused-ring (bicyclic) bond motifs is 1. The van der Waals surface area contributed by atoms with Crippen LogP contribution >= 0.6 is 0 Å². The maximum absolute atomic E-state index is 5.95. The highest BCUT2D eigenvalue weighted by Gasteiger charge is 2.15. The fourth-order valence-corrected chi connectivity index (χ4v) is 2.20. The average Bonchev–Trinajstić information content (AvgIpc) is 2.53. The van der Waals surface area contributed by atoms with Gasteiger partial charge in [-0.25, -0.2) is 9.97 Å². The van der Waals surface area contributed by atoms with Crippen molar-refractivity contribution in [1.29, 1.82) is 0 Å². The van der Waals surface area contributed by atoms with Crippen LogP contribution in [0.5, 0.6) is 0 Å². The second-order valence-electron chi connectivity index (χ2n) is 5.07. The van der Waals surface area contributed by atoms with Gasteiger partial charge < -0.3 is 10.3 Å². The molecule has 0 aliphatic heterocycles. The molecule has 0 atom stereocenters. The first-order valence-corrected chi connectivity index (χ1v) is 6.01. The molecule has 0 aromatic carbocycles. The highest BCUT2D eigenvalue weighted by Crippen LogP contribution is 2.26. The van der Waals surface area contributed by atoms with Gasteiger partial charge in [0, 0.05) is 12.2 Å². The normalized spacial score (nSPS) is 11.6. The van der Waals surface area contributed by atoms with Crippen LogP contribution in [-0.2, 0) is 6.54 Å². The second kappa shape index (κ2) is 4.02. The molecule has 2 rings (SSSR count). The number of pyridine rings is 1. The number of aryl methyl sites for hydroxylation is 3. The Hall–Kier alpha value is -1.58. The van der Waals surface area contributed by atoms with Crippen molar-refractivity contribution in [3.63, 3.8) is 0 Å². The van der Waals surface area contributed by atoms with E-state index in [1.807, 2.05) is 13.8 Å². The van der Waals surface area contributed by atoms with Crippen molar-refractivity contribution in [2.24, 2.45) is 5.92 Å². The molecule has 2 N–H and O–H groups in total. The van der Waals surface area contributed by atoms with Crippen LogP contribution in [0.15, 0.2) is 0 Å². The third kappa shape index (κ3) is 1.88. The zero-order valence-electron chi connectivity index (χ0n) is 11.2. The molecule has 0 amide bonds. The quantitative estimate of drug-likeness (QED) is 0.865. The minimum absolute atomic E-state index is 0.536. The van der Waals surface area contributed by atoms with Crippen molar-refractivity contribution >= 4 is 16.9 Å². The molecule has 2 heterocycles. The van der Waals surface area contributed by atoms with Gasteiger partial charge in [-0.3, -0.25) is 0 Å². The third-order valence-electron chi connectivity index (χ3n) is 3.13. The second-order valence-corrected chi connectivity index (χ2v) is 5.07. The van der Waals surface area contributed by atoms with Gasteiger partial charge in [-0.1, -0.05) is 13.8 Å². The van der Waals surface area contributed by atoms with Gasteiger partial charge in [0.25, 0.3) is 0 Å². The molecule has 2 aromatic heterocycles. The summed E-state index contributed by atoms with van der Waals surface area (Å²) in [6.45, 7) is 11.5. The van der Waals surface area contributed by atoms with Crippen molar-refractivity contribution in [3.05, 3.63) is 17.1 Å². The van der Waals surface area contributed by atoms with Crippen molar-refractivity contribution in [1.82, 2.24) is 14.5 Å². The summed E-state index contributed by atoms with van der Waals surface area (Å²) >= 11 is 0. The van der Waals surface area contributed by atoms with E-state index in [4.69, 9.17) is 5.73 Å². The largest absolute Gasteiger partial charge is 0.382 e. The summed E-state index contributed by atoms with van der Waals surface area (Å²) < 4.78 is 2.25. The Balaban J connectivity index is 2.79. The topological polar surface area (TPSA) is 56.7 Å². The number of nitrogens with two attached hydrogens (primary N) is 1. The minimum atomic E-state index is 0.536. The van der Waals surface area contributed by atoms with Crippen molar-refractivity contribution < 1.29 is 0 Å². The fourth-order valence-electron chi connectivity index (χ4n) is 2.20. The lowest BCUT2D eigenvalue weighted by Crippen LogP contribution is -2.07. The van der Waals surface area contributed by atoms with Crippen LogP contribution in [-0.4, -0.2) is 14.5 Å². The molecule has 92 valence electrons. The summed E-state index contributed by atoms with van der Waals surface area (Å²) in [5.74, 6) is 2.13. The molecule has 2 aromatic rings. The molecule has 0 unspecified atom stereocenters. The summed E-state index contributed by atoms with van der Waals surface area (Å²) in [5.41, 5.74) is 10.1. The molecule has 0 fully saturated rings. The Morgan fingerprint density at radius 1 is 1.18 bits per heavy atom. The van der Waals surface area contributed by atoms with Crippen LogP contribution in [0, 0.1) is 26.7 Å². The van der Waals surface area contributed by atoms with E-state index in [1.54, 1.807) is 0 Å². The molecular weight excluding hydrogens is 212 g/mol. The van der Waals surface area contributed by atoms with E-state index in [9.17, 15) is 0 Å². The summed E-state index contributed by atoms with van der Waals surface area (Å²) in [6.07, 6.45) is 0. The van der Waals surface area contributed by atoms with E-state index in [2.05, 4.69) is 35.3 Å². The highest BCUT2D eigenvalue weighted by atomic mass is 15.1. The van der Waals surface area contributed by atoms with Crippen molar-refractivity contribution in [2.75, 3.05) is 5.73 Å². The molecule has 0 radical (unpaired) electrons. The van der Waals surface area contributed by atoms with Crippen LogP contribution in [0.25, 0.3) is 11.0 Å². The van der Waals surface area contributed by atoms with E-state index in [-0.39, 0.29) is 0 Å². The molecule has 17 heavy (non-hydrogen) atoms. The van der Waals surface area contributed by atoms with Gasteiger partial charge in [0.2, 0.25) is 0 Å². The number of nitrogen functional groups attached to an aromatic ring is 1. The Kier molecular flexibility index (Phi) is 2.81. The van der Waals surface area contributed by atoms with Gasteiger partial charge in [0.05, 0.1) is 5.52 Å².